The minimum atomic E-state index is -0.622. The Morgan fingerprint density at radius 3 is 2.54 bits per heavy atom. The number of allylic oxidation sites excluding steroid dienone is 1. The van der Waals surface area contributed by atoms with E-state index in [0.717, 1.165) is 16.3 Å². The topological polar surface area (TPSA) is 63.0 Å². The molecule has 2 aromatic carbocycles. The van der Waals surface area contributed by atoms with E-state index in [0.29, 0.717) is 10.6 Å². The highest BCUT2D eigenvalue weighted by atomic mass is 32.1. The Labute approximate surface area is 143 Å². The van der Waals surface area contributed by atoms with Crippen LogP contribution in [0.4, 0.5) is 0 Å². The Bertz CT molecular complexity index is 948. The SMILES string of the molecule is C=CC(=O)OC(=C(C#N)c1nc2ccccc2s1)c1ccccc1. The van der Waals surface area contributed by atoms with Gasteiger partial charge in [-0.05, 0) is 12.1 Å². The summed E-state index contributed by atoms with van der Waals surface area (Å²) in [5, 5.41) is 10.2. The van der Waals surface area contributed by atoms with Crippen LogP contribution in [0.15, 0.2) is 67.3 Å². The number of hydrogen-bond donors (Lipinski definition) is 0. The van der Waals surface area contributed by atoms with E-state index in [1.165, 1.54) is 11.3 Å². The standard InChI is InChI=1S/C19H12N2O2S/c1-2-17(22)23-18(13-8-4-3-5-9-13)14(12-20)19-21-15-10-6-7-11-16(15)24-19/h2-11H,1H2. The van der Waals surface area contributed by atoms with Crippen LogP contribution in [0, 0.1) is 11.3 Å². The molecular weight excluding hydrogens is 320 g/mol. The third-order valence-electron chi connectivity index (χ3n) is 3.25. The van der Waals surface area contributed by atoms with Gasteiger partial charge in [0.05, 0.1) is 10.2 Å². The van der Waals surface area contributed by atoms with E-state index in [-0.39, 0.29) is 11.3 Å². The fourth-order valence-electron chi connectivity index (χ4n) is 2.16. The van der Waals surface area contributed by atoms with E-state index in [4.69, 9.17) is 4.74 Å². The first-order valence-corrected chi connectivity index (χ1v) is 7.94. The molecule has 0 amide bonds. The van der Waals surface area contributed by atoms with Crippen molar-refractivity contribution in [2.45, 2.75) is 0 Å². The second-order valence-corrected chi connectivity index (χ2v) is 5.82. The summed E-state index contributed by atoms with van der Waals surface area (Å²) in [4.78, 5) is 16.2. The average Bonchev–Trinajstić information content (AvgIpc) is 3.05. The Morgan fingerprint density at radius 2 is 1.88 bits per heavy atom. The maximum atomic E-state index is 11.7. The number of aromatic nitrogens is 1. The number of hydrogen-bond acceptors (Lipinski definition) is 5. The maximum absolute atomic E-state index is 11.7. The summed E-state index contributed by atoms with van der Waals surface area (Å²) in [5.74, 6) is -0.440. The zero-order valence-corrected chi connectivity index (χ0v) is 13.4. The van der Waals surface area contributed by atoms with E-state index < -0.39 is 5.97 Å². The third-order valence-corrected chi connectivity index (χ3v) is 4.31. The lowest BCUT2D eigenvalue weighted by molar-refractivity contribution is -0.131. The molecular formula is C19H12N2O2S. The molecule has 3 aromatic rings. The number of nitrogens with zero attached hydrogens (tertiary/aromatic N) is 2. The fourth-order valence-corrected chi connectivity index (χ4v) is 3.12. The summed E-state index contributed by atoms with van der Waals surface area (Å²) >= 11 is 1.38. The molecule has 0 bridgehead atoms. The lowest BCUT2D eigenvalue weighted by Gasteiger charge is -2.09. The van der Waals surface area contributed by atoms with Crippen molar-refractivity contribution in [1.82, 2.24) is 4.98 Å². The number of thiazole rings is 1. The molecule has 0 aliphatic heterocycles. The van der Waals surface area contributed by atoms with Gasteiger partial charge in [0.25, 0.3) is 0 Å². The first kappa shape index (κ1) is 15.7. The number of ether oxygens (including phenoxy) is 1. The molecule has 0 radical (unpaired) electrons. The van der Waals surface area contributed by atoms with Crippen molar-refractivity contribution in [3.05, 3.63) is 77.8 Å². The van der Waals surface area contributed by atoms with E-state index >= 15 is 0 Å². The Balaban J connectivity index is 2.21. The van der Waals surface area contributed by atoms with E-state index in [9.17, 15) is 10.1 Å². The molecule has 0 N–H and O–H groups in total. The molecule has 5 heteroatoms. The Hall–Kier alpha value is -3.23. The van der Waals surface area contributed by atoms with E-state index in [1.807, 2.05) is 42.5 Å². The predicted molar refractivity (Wildman–Crippen MR) is 94.8 cm³/mol. The van der Waals surface area contributed by atoms with Crippen molar-refractivity contribution in [2.75, 3.05) is 0 Å². The van der Waals surface area contributed by atoms with Gasteiger partial charge in [-0.15, -0.1) is 11.3 Å². The molecule has 4 nitrogen and oxygen atoms in total. The quantitative estimate of drug-likeness (QED) is 0.307. The maximum Gasteiger partial charge on any atom is 0.335 e. The van der Waals surface area contributed by atoms with Gasteiger partial charge in [-0.3, -0.25) is 0 Å². The molecule has 0 saturated carbocycles. The van der Waals surface area contributed by atoms with Crippen LogP contribution in [-0.4, -0.2) is 11.0 Å². The summed E-state index contributed by atoms with van der Waals surface area (Å²) in [7, 11) is 0. The van der Waals surface area contributed by atoms with Crippen LogP contribution < -0.4 is 0 Å². The highest BCUT2D eigenvalue weighted by molar-refractivity contribution is 7.19. The molecule has 3 rings (SSSR count). The molecule has 0 spiro atoms. The van der Waals surface area contributed by atoms with Crippen molar-refractivity contribution in [1.29, 1.82) is 5.26 Å². The lowest BCUT2D eigenvalue weighted by Crippen LogP contribution is -2.02. The van der Waals surface area contributed by atoms with Crippen molar-refractivity contribution in [3.8, 4) is 6.07 Å². The number of nitriles is 1. The molecule has 0 aliphatic carbocycles. The largest absolute Gasteiger partial charge is 0.421 e. The number of para-hydroxylation sites is 1. The van der Waals surface area contributed by atoms with Crippen LogP contribution in [0.3, 0.4) is 0 Å². The van der Waals surface area contributed by atoms with Gasteiger partial charge < -0.3 is 4.74 Å². The molecule has 1 heterocycles. The molecule has 0 aliphatic rings. The molecule has 1 aromatic heterocycles. The van der Waals surface area contributed by atoms with Crippen LogP contribution in [0.25, 0.3) is 21.5 Å². The smallest absolute Gasteiger partial charge is 0.335 e. The first-order valence-electron chi connectivity index (χ1n) is 7.13. The number of rotatable bonds is 4. The van der Waals surface area contributed by atoms with Gasteiger partial charge in [0.2, 0.25) is 0 Å². The van der Waals surface area contributed by atoms with E-state index in [1.54, 1.807) is 12.1 Å². The second kappa shape index (κ2) is 6.90. The van der Waals surface area contributed by atoms with Gasteiger partial charge in [-0.1, -0.05) is 49.0 Å². The summed E-state index contributed by atoms with van der Waals surface area (Å²) in [6, 6.07) is 18.7. The van der Waals surface area contributed by atoms with Gasteiger partial charge >= 0.3 is 5.97 Å². The minimum Gasteiger partial charge on any atom is -0.421 e. The molecule has 0 atom stereocenters. The summed E-state index contributed by atoms with van der Waals surface area (Å²) in [6.45, 7) is 3.41. The molecule has 0 unspecified atom stereocenters. The fraction of sp³-hybridized carbons (Fsp3) is 0. The van der Waals surface area contributed by atoms with Crippen molar-refractivity contribution in [3.63, 3.8) is 0 Å². The third kappa shape index (κ3) is 3.09. The van der Waals surface area contributed by atoms with Gasteiger partial charge in [0.15, 0.2) is 5.76 Å². The summed E-state index contributed by atoms with van der Waals surface area (Å²) in [6.07, 6.45) is 1.07. The van der Waals surface area contributed by atoms with Crippen LogP contribution in [0.2, 0.25) is 0 Å². The van der Waals surface area contributed by atoms with Crippen LogP contribution in [0.5, 0.6) is 0 Å². The molecule has 24 heavy (non-hydrogen) atoms. The van der Waals surface area contributed by atoms with Crippen LogP contribution in [-0.2, 0) is 9.53 Å². The van der Waals surface area contributed by atoms with Gasteiger partial charge in [0, 0.05) is 11.6 Å². The molecule has 0 fully saturated rings. The van der Waals surface area contributed by atoms with Crippen LogP contribution >= 0.6 is 11.3 Å². The number of carbonyl (C=O) groups excluding carboxylic acids is 1. The Kier molecular flexibility index (Phi) is 4.50. The van der Waals surface area contributed by atoms with Crippen LogP contribution in [0.1, 0.15) is 10.6 Å². The van der Waals surface area contributed by atoms with Crippen molar-refractivity contribution >= 4 is 38.9 Å². The highest BCUT2D eigenvalue weighted by Crippen LogP contribution is 2.32. The van der Waals surface area contributed by atoms with Gasteiger partial charge in [0.1, 0.15) is 16.6 Å². The molecule has 116 valence electrons. The summed E-state index contributed by atoms with van der Waals surface area (Å²) in [5.41, 5.74) is 1.65. The number of carbonyl (C=O) groups is 1. The first-order chi connectivity index (χ1) is 11.7. The van der Waals surface area contributed by atoms with Gasteiger partial charge in [-0.2, -0.15) is 5.26 Å². The lowest BCUT2D eigenvalue weighted by atomic mass is 10.1. The van der Waals surface area contributed by atoms with Crippen molar-refractivity contribution < 1.29 is 9.53 Å². The zero-order chi connectivity index (χ0) is 16.9. The average molecular weight is 332 g/mol. The zero-order valence-electron chi connectivity index (χ0n) is 12.6. The highest BCUT2D eigenvalue weighted by Gasteiger charge is 2.19. The molecule has 0 saturated heterocycles. The minimum absolute atomic E-state index is 0.182. The van der Waals surface area contributed by atoms with E-state index in [2.05, 4.69) is 17.6 Å². The van der Waals surface area contributed by atoms with Crippen molar-refractivity contribution in [2.24, 2.45) is 0 Å². The number of esters is 1. The number of fused-ring (bicyclic) bond motifs is 1. The Morgan fingerprint density at radius 1 is 1.17 bits per heavy atom. The number of benzene rings is 2. The van der Waals surface area contributed by atoms with Gasteiger partial charge in [-0.25, -0.2) is 9.78 Å². The summed E-state index contributed by atoms with van der Waals surface area (Å²) < 4.78 is 6.32. The second-order valence-electron chi connectivity index (χ2n) is 4.79. The predicted octanol–water partition coefficient (Wildman–Crippen LogP) is 4.42. The normalized spacial score (nSPS) is 11.5. The monoisotopic (exact) mass is 332 g/mol.